The molecule has 1 aliphatic heterocycles. The normalized spacial score (nSPS) is 18.1. The van der Waals surface area contributed by atoms with E-state index in [9.17, 15) is 5.11 Å². The molecule has 1 fully saturated rings. The highest BCUT2D eigenvalue weighted by Gasteiger charge is 2.30. The monoisotopic (exact) mass is 267 g/mol. The molecular formula is C14H21NO4. The summed E-state index contributed by atoms with van der Waals surface area (Å²) in [6.45, 7) is 1.83. The molecule has 0 atom stereocenters. The maximum Gasteiger partial charge on any atom is 0.161 e. The first-order valence-electron chi connectivity index (χ1n) is 6.50. The van der Waals surface area contributed by atoms with E-state index in [1.165, 1.54) is 0 Å². The number of aliphatic hydroxyl groups is 2. The fraction of sp³-hybridized carbons (Fsp3) is 0.571. The fourth-order valence-corrected chi connectivity index (χ4v) is 2.18. The molecule has 0 aromatic heterocycles. The van der Waals surface area contributed by atoms with Gasteiger partial charge in [0.1, 0.15) is 12.2 Å². The summed E-state index contributed by atoms with van der Waals surface area (Å²) >= 11 is 0. The molecule has 106 valence electrons. The van der Waals surface area contributed by atoms with Crippen molar-refractivity contribution in [1.29, 1.82) is 0 Å². The predicted molar refractivity (Wildman–Crippen MR) is 71.5 cm³/mol. The van der Waals surface area contributed by atoms with Crippen LogP contribution in [0, 0.1) is 0 Å². The number of methoxy groups -OCH3 is 1. The number of piperidine rings is 1. The van der Waals surface area contributed by atoms with Crippen LogP contribution in [0.15, 0.2) is 18.2 Å². The molecule has 1 aromatic rings. The molecule has 2 rings (SSSR count). The number of ether oxygens (including phenoxy) is 2. The van der Waals surface area contributed by atoms with Gasteiger partial charge in [0.05, 0.1) is 13.7 Å². The number of hydrogen-bond donors (Lipinski definition) is 3. The van der Waals surface area contributed by atoms with Crippen LogP contribution >= 0.6 is 0 Å². The maximum absolute atomic E-state index is 10.4. The van der Waals surface area contributed by atoms with Gasteiger partial charge in [-0.2, -0.15) is 0 Å². The molecule has 19 heavy (non-hydrogen) atoms. The Morgan fingerprint density at radius 2 is 2.00 bits per heavy atom. The van der Waals surface area contributed by atoms with Crippen LogP contribution in [0.4, 0.5) is 0 Å². The maximum atomic E-state index is 10.4. The summed E-state index contributed by atoms with van der Waals surface area (Å²) < 4.78 is 10.9. The molecule has 0 bridgehead atoms. The lowest BCUT2D eigenvalue weighted by molar-refractivity contribution is -0.0291. The highest BCUT2D eigenvalue weighted by Crippen LogP contribution is 2.30. The summed E-state index contributed by atoms with van der Waals surface area (Å²) in [5.74, 6) is 1.16. The third-order valence-corrected chi connectivity index (χ3v) is 3.44. The zero-order valence-electron chi connectivity index (χ0n) is 11.2. The lowest BCUT2D eigenvalue weighted by Gasteiger charge is -2.32. The van der Waals surface area contributed by atoms with E-state index < -0.39 is 5.60 Å². The predicted octanol–water partition coefficient (Wildman–Crippen LogP) is 0.681. The Morgan fingerprint density at radius 1 is 1.26 bits per heavy atom. The second kappa shape index (κ2) is 6.23. The molecule has 1 heterocycles. The second-order valence-electron chi connectivity index (χ2n) is 4.91. The molecule has 0 amide bonds. The van der Waals surface area contributed by atoms with Crippen molar-refractivity contribution >= 4 is 0 Å². The molecule has 0 radical (unpaired) electrons. The third-order valence-electron chi connectivity index (χ3n) is 3.44. The summed E-state index contributed by atoms with van der Waals surface area (Å²) in [6, 6.07) is 5.28. The van der Waals surface area contributed by atoms with Gasteiger partial charge in [-0.25, -0.2) is 0 Å². The molecule has 1 saturated heterocycles. The number of rotatable bonds is 5. The van der Waals surface area contributed by atoms with Crippen LogP contribution in [-0.4, -0.2) is 42.6 Å². The molecule has 0 spiro atoms. The number of hydrogen-bond acceptors (Lipinski definition) is 5. The minimum absolute atomic E-state index is 0.0355. The van der Waals surface area contributed by atoms with Gasteiger partial charge in [0.15, 0.2) is 11.5 Å². The average Bonchev–Trinajstić information content (AvgIpc) is 2.45. The molecule has 3 N–H and O–H groups in total. The van der Waals surface area contributed by atoms with Crippen molar-refractivity contribution in [3.8, 4) is 11.5 Å². The standard InChI is InChI=1S/C14H21NO4/c1-18-13-8-11(9-16)2-3-12(13)19-10-14(17)4-6-15-7-5-14/h2-3,8,15-17H,4-7,9-10H2,1H3. The van der Waals surface area contributed by atoms with Gasteiger partial charge in [0.25, 0.3) is 0 Å². The molecular weight excluding hydrogens is 246 g/mol. The van der Waals surface area contributed by atoms with E-state index in [0.29, 0.717) is 24.3 Å². The zero-order valence-corrected chi connectivity index (χ0v) is 11.2. The summed E-state index contributed by atoms with van der Waals surface area (Å²) in [4.78, 5) is 0. The lowest BCUT2D eigenvalue weighted by atomic mass is 9.93. The van der Waals surface area contributed by atoms with E-state index in [1.54, 1.807) is 25.3 Å². The molecule has 0 aliphatic carbocycles. The van der Waals surface area contributed by atoms with Crippen molar-refractivity contribution in [1.82, 2.24) is 5.32 Å². The Balaban J connectivity index is 2.02. The van der Waals surface area contributed by atoms with Gasteiger partial charge >= 0.3 is 0 Å². The molecule has 5 nitrogen and oxygen atoms in total. The minimum Gasteiger partial charge on any atom is -0.493 e. The van der Waals surface area contributed by atoms with Crippen LogP contribution in [0.2, 0.25) is 0 Å². The first-order chi connectivity index (χ1) is 9.17. The number of aliphatic hydroxyl groups excluding tert-OH is 1. The Morgan fingerprint density at radius 3 is 2.63 bits per heavy atom. The van der Waals surface area contributed by atoms with Crippen LogP contribution in [0.1, 0.15) is 18.4 Å². The molecule has 0 unspecified atom stereocenters. The third kappa shape index (κ3) is 3.59. The first kappa shape index (κ1) is 14.1. The van der Waals surface area contributed by atoms with Crippen molar-refractivity contribution < 1.29 is 19.7 Å². The van der Waals surface area contributed by atoms with Gasteiger partial charge in [0, 0.05) is 0 Å². The van der Waals surface area contributed by atoms with E-state index in [2.05, 4.69) is 5.32 Å². The smallest absolute Gasteiger partial charge is 0.161 e. The summed E-state index contributed by atoms with van der Waals surface area (Å²) in [7, 11) is 1.56. The molecule has 1 aromatic carbocycles. The van der Waals surface area contributed by atoms with Crippen molar-refractivity contribution in [2.75, 3.05) is 26.8 Å². The average molecular weight is 267 g/mol. The Kier molecular flexibility index (Phi) is 4.63. The highest BCUT2D eigenvalue weighted by molar-refractivity contribution is 5.42. The van der Waals surface area contributed by atoms with Crippen LogP contribution < -0.4 is 14.8 Å². The Bertz CT molecular complexity index is 416. The number of benzene rings is 1. The lowest BCUT2D eigenvalue weighted by Crippen LogP contribution is -2.46. The van der Waals surface area contributed by atoms with Gasteiger partial charge in [-0.05, 0) is 43.6 Å². The highest BCUT2D eigenvalue weighted by atomic mass is 16.5. The van der Waals surface area contributed by atoms with E-state index in [-0.39, 0.29) is 13.2 Å². The fourth-order valence-electron chi connectivity index (χ4n) is 2.18. The Hall–Kier alpha value is -1.30. The van der Waals surface area contributed by atoms with Crippen molar-refractivity contribution in [3.63, 3.8) is 0 Å². The van der Waals surface area contributed by atoms with E-state index in [0.717, 1.165) is 18.7 Å². The first-order valence-corrected chi connectivity index (χ1v) is 6.50. The number of nitrogens with one attached hydrogen (secondary N) is 1. The van der Waals surface area contributed by atoms with Gasteiger partial charge in [0.2, 0.25) is 0 Å². The quantitative estimate of drug-likeness (QED) is 0.732. The summed E-state index contributed by atoms with van der Waals surface area (Å²) in [5, 5.41) is 22.6. The van der Waals surface area contributed by atoms with Crippen LogP contribution in [0.25, 0.3) is 0 Å². The second-order valence-corrected chi connectivity index (χ2v) is 4.91. The van der Waals surface area contributed by atoms with Gasteiger partial charge in [-0.15, -0.1) is 0 Å². The van der Waals surface area contributed by atoms with Gasteiger partial charge in [-0.3, -0.25) is 0 Å². The van der Waals surface area contributed by atoms with E-state index in [4.69, 9.17) is 14.6 Å². The van der Waals surface area contributed by atoms with Crippen molar-refractivity contribution in [2.45, 2.75) is 25.0 Å². The summed E-state index contributed by atoms with van der Waals surface area (Å²) in [5.41, 5.74) is -0.00360. The van der Waals surface area contributed by atoms with Crippen molar-refractivity contribution in [2.24, 2.45) is 0 Å². The molecule has 0 saturated carbocycles. The van der Waals surface area contributed by atoms with Gasteiger partial charge in [-0.1, -0.05) is 6.07 Å². The zero-order chi connectivity index (χ0) is 13.7. The van der Waals surface area contributed by atoms with Crippen molar-refractivity contribution in [3.05, 3.63) is 23.8 Å². The Labute approximate surface area is 113 Å². The largest absolute Gasteiger partial charge is 0.493 e. The molecule has 5 heteroatoms. The molecule has 1 aliphatic rings. The van der Waals surface area contributed by atoms with E-state index >= 15 is 0 Å². The van der Waals surface area contributed by atoms with Gasteiger partial charge < -0.3 is 25.0 Å². The van der Waals surface area contributed by atoms with E-state index in [1.807, 2.05) is 0 Å². The van der Waals surface area contributed by atoms with Crippen LogP contribution in [-0.2, 0) is 6.61 Å². The SMILES string of the molecule is COc1cc(CO)ccc1OCC1(O)CCNCC1. The van der Waals surface area contributed by atoms with Crippen LogP contribution in [0.5, 0.6) is 11.5 Å². The summed E-state index contributed by atoms with van der Waals surface area (Å²) in [6.07, 6.45) is 1.37. The topological polar surface area (TPSA) is 71.0 Å². The van der Waals surface area contributed by atoms with Crippen LogP contribution in [0.3, 0.4) is 0 Å². The minimum atomic E-state index is -0.772.